The highest BCUT2D eigenvalue weighted by Gasteiger charge is 2.18. The van der Waals surface area contributed by atoms with Gasteiger partial charge in [-0.25, -0.2) is 10.8 Å². The third-order valence-electron chi connectivity index (χ3n) is 2.27. The Balaban J connectivity index is 3.17. The summed E-state index contributed by atoms with van der Waals surface area (Å²) in [6.07, 6.45) is 0. The second kappa shape index (κ2) is 7.04. The van der Waals surface area contributed by atoms with Crippen LogP contribution < -0.4 is 16.0 Å². The minimum absolute atomic E-state index is 0.0823. The van der Waals surface area contributed by atoms with Crippen LogP contribution in [0.5, 0.6) is 5.88 Å². The summed E-state index contributed by atoms with van der Waals surface area (Å²) < 4.78 is 10.9. The molecule has 0 unspecified atom stereocenters. The van der Waals surface area contributed by atoms with Gasteiger partial charge in [-0.1, -0.05) is 0 Å². The van der Waals surface area contributed by atoms with Gasteiger partial charge in [0.15, 0.2) is 6.61 Å². The molecule has 1 aromatic heterocycles. The van der Waals surface area contributed by atoms with E-state index in [2.05, 4.69) is 20.9 Å². The number of amides is 1. The monoisotopic (exact) mass is 328 g/mol. The van der Waals surface area contributed by atoms with Gasteiger partial charge in [0.25, 0.3) is 5.91 Å². The molecule has 3 N–H and O–H groups in total. The van der Waals surface area contributed by atoms with Crippen molar-refractivity contribution in [3.8, 4) is 11.9 Å². The van der Waals surface area contributed by atoms with Gasteiger partial charge >= 0.3 is 0 Å². The number of methoxy groups -OCH3 is 1. The largest absolute Gasteiger partial charge is 0.467 e. The quantitative estimate of drug-likeness (QED) is 0.463. The van der Waals surface area contributed by atoms with E-state index < -0.39 is 5.91 Å². The van der Waals surface area contributed by atoms with Gasteiger partial charge < -0.3 is 9.47 Å². The third-order valence-corrected chi connectivity index (χ3v) is 3.32. The van der Waals surface area contributed by atoms with Crippen molar-refractivity contribution in [1.29, 1.82) is 5.26 Å². The Labute approximate surface area is 118 Å². The summed E-state index contributed by atoms with van der Waals surface area (Å²) in [6.45, 7) is 1.66. The first-order valence-corrected chi connectivity index (χ1v) is 6.04. The fraction of sp³-hybridized carbons (Fsp3) is 0.364. The van der Waals surface area contributed by atoms with Gasteiger partial charge in [-0.05, 0) is 22.9 Å². The molecule has 0 bridgehead atoms. The minimum atomic E-state index is -0.514. The van der Waals surface area contributed by atoms with Gasteiger partial charge in [-0.2, -0.15) is 5.26 Å². The molecule has 1 heterocycles. The molecule has 0 atom stereocenters. The van der Waals surface area contributed by atoms with Crippen LogP contribution in [0.2, 0.25) is 0 Å². The summed E-state index contributed by atoms with van der Waals surface area (Å²) in [6, 6.07) is 2.00. The summed E-state index contributed by atoms with van der Waals surface area (Å²) in [4.78, 5) is 15.2. The molecule has 0 saturated carbocycles. The van der Waals surface area contributed by atoms with Crippen LogP contribution in [0.15, 0.2) is 4.47 Å². The SMILES string of the molecule is COCc1c(Br)c(C)nc(OCC(=O)NN)c1C#N. The number of nitrogens with one attached hydrogen (secondary N) is 1. The molecule has 0 spiro atoms. The topological polar surface area (TPSA) is 110 Å². The zero-order chi connectivity index (χ0) is 14.4. The van der Waals surface area contributed by atoms with Crippen LogP contribution in [0.4, 0.5) is 0 Å². The van der Waals surface area contributed by atoms with Crippen LogP contribution in [0.3, 0.4) is 0 Å². The lowest BCUT2D eigenvalue weighted by molar-refractivity contribution is -0.123. The number of aryl methyl sites for hydroxylation is 1. The van der Waals surface area contributed by atoms with Crippen molar-refractivity contribution in [2.45, 2.75) is 13.5 Å². The predicted octanol–water partition coefficient (Wildman–Crippen LogP) is 0.539. The van der Waals surface area contributed by atoms with E-state index in [4.69, 9.17) is 15.3 Å². The van der Waals surface area contributed by atoms with E-state index in [1.165, 1.54) is 7.11 Å². The normalized spacial score (nSPS) is 9.84. The number of hydrazine groups is 1. The highest BCUT2D eigenvalue weighted by atomic mass is 79.9. The van der Waals surface area contributed by atoms with Gasteiger partial charge in [0.2, 0.25) is 5.88 Å². The zero-order valence-electron chi connectivity index (χ0n) is 10.5. The third kappa shape index (κ3) is 3.64. The molecule has 8 heteroatoms. The van der Waals surface area contributed by atoms with E-state index in [-0.39, 0.29) is 24.7 Å². The van der Waals surface area contributed by atoms with Crippen LogP contribution >= 0.6 is 15.9 Å². The van der Waals surface area contributed by atoms with Crippen molar-refractivity contribution in [3.05, 3.63) is 21.3 Å². The molecule has 102 valence electrons. The number of hydrogen-bond donors (Lipinski definition) is 2. The van der Waals surface area contributed by atoms with Gasteiger partial charge in [-0.15, -0.1) is 0 Å². The molecule has 0 fully saturated rings. The number of rotatable bonds is 5. The Hall–Kier alpha value is -1.69. The first kappa shape index (κ1) is 15.4. The molecule has 1 amide bonds. The minimum Gasteiger partial charge on any atom is -0.467 e. The maximum absolute atomic E-state index is 11.0. The Morgan fingerprint density at radius 1 is 1.63 bits per heavy atom. The number of carbonyl (C=O) groups is 1. The average Bonchev–Trinajstić information content (AvgIpc) is 2.41. The highest BCUT2D eigenvalue weighted by molar-refractivity contribution is 9.10. The Morgan fingerprint density at radius 2 is 2.32 bits per heavy atom. The smallest absolute Gasteiger partial charge is 0.271 e. The van der Waals surface area contributed by atoms with Crippen molar-refractivity contribution in [2.75, 3.05) is 13.7 Å². The van der Waals surface area contributed by atoms with E-state index in [1.54, 1.807) is 6.92 Å². The number of aromatic nitrogens is 1. The molecular formula is C11H13BrN4O3. The zero-order valence-corrected chi connectivity index (χ0v) is 12.1. The maximum atomic E-state index is 11.0. The Bertz CT molecular complexity index is 528. The first-order valence-electron chi connectivity index (χ1n) is 5.25. The Morgan fingerprint density at radius 3 is 2.84 bits per heavy atom. The summed E-state index contributed by atoms with van der Waals surface area (Å²) in [7, 11) is 1.52. The van der Waals surface area contributed by atoms with Gasteiger partial charge in [0.05, 0.1) is 12.3 Å². The van der Waals surface area contributed by atoms with Crippen LogP contribution in [0, 0.1) is 18.3 Å². The standard InChI is InChI=1S/C11H13BrN4O3/c1-6-10(12)8(4-18-2)7(3-13)11(15-6)19-5-9(17)16-14/h4-5,14H2,1-2H3,(H,16,17). The van der Waals surface area contributed by atoms with Crippen molar-refractivity contribution >= 4 is 21.8 Å². The average molecular weight is 329 g/mol. The second-order valence-electron chi connectivity index (χ2n) is 3.57. The number of nitrogens with two attached hydrogens (primary N) is 1. The van der Waals surface area contributed by atoms with Crippen LogP contribution in [0.1, 0.15) is 16.8 Å². The maximum Gasteiger partial charge on any atom is 0.271 e. The predicted molar refractivity (Wildman–Crippen MR) is 69.9 cm³/mol. The van der Waals surface area contributed by atoms with Crippen molar-refractivity contribution < 1.29 is 14.3 Å². The summed E-state index contributed by atoms with van der Waals surface area (Å²) in [5.41, 5.74) is 3.42. The van der Waals surface area contributed by atoms with Gasteiger partial charge in [0.1, 0.15) is 11.6 Å². The molecule has 0 saturated heterocycles. The lowest BCUT2D eigenvalue weighted by Gasteiger charge is -2.13. The summed E-state index contributed by atoms with van der Waals surface area (Å²) >= 11 is 3.35. The number of hydrogen-bond acceptors (Lipinski definition) is 6. The summed E-state index contributed by atoms with van der Waals surface area (Å²) in [5.74, 6) is 4.51. The van der Waals surface area contributed by atoms with Crippen molar-refractivity contribution in [2.24, 2.45) is 5.84 Å². The molecule has 19 heavy (non-hydrogen) atoms. The molecule has 0 aliphatic rings. The molecule has 0 aliphatic carbocycles. The number of pyridine rings is 1. The lowest BCUT2D eigenvalue weighted by atomic mass is 10.1. The van der Waals surface area contributed by atoms with E-state index in [1.807, 2.05) is 11.5 Å². The van der Waals surface area contributed by atoms with E-state index in [0.29, 0.717) is 15.7 Å². The molecule has 0 aromatic carbocycles. The van der Waals surface area contributed by atoms with Crippen molar-refractivity contribution in [1.82, 2.24) is 10.4 Å². The molecule has 7 nitrogen and oxygen atoms in total. The van der Waals surface area contributed by atoms with Gasteiger partial charge in [0, 0.05) is 17.1 Å². The van der Waals surface area contributed by atoms with E-state index in [9.17, 15) is 10.1 Å². The fourth-order valence-electron chi connectivity index (χ4n) is 1.39. The lowest BCUT2D eigenvalue weighted by Crippen LogP contribution is -2.34. The first-order chi connectivity index (χ1) is 9.04. The number of nitrogens with zero attached hydrogens (tertiary/aromatic N) is 2. The number of carbonyl (C=O) groups excluding carboxylic acids is 1. The second-order valence-corrected chi connectivity index (χ2v) is 4.36. The van der Waals surface area contributed by atoms with Crippen molar-refractivity contribution in [3.63, 3.8) is 0 Å². The van der Waals surface area contributed by atoms with E-state index >= 15 is 0 Å². The number of ether oxygens (including phenoxy) is 2. The van der Waals surface area contributed by atoms with Crippen LogP contribution in [-0.4, -0.2) is 24.6 Å². The molecule has 0 aliphatic heterocycles. The summed E-state index contributed by atoms with van der Waals surface area (Å²) in [5, 5.41) is 9.19. The highest BCUT2D eigenvalue weighted by Crippen LogP contribution is 2.29. The Kier molecular flexibility index (Phi) is 5.69. The van der Waals surface area contributed by atoms with Crippen LogP contribution in [0.25, 0.3) is 0 Å². The van der Waals surface area contributed by atoms with Gasteiger partial charge in [-0.3, -0.25) is 10.2 Å². The number of nitriles is 1. The fourth-order valence-corrected chi connectivity index (χ4v) is 1.79. The molecule has 0 radical (unpaired) electrons. The molecule has 1 aromatic rings. The number of halogens is 1. The molecule has 1 rings (SSSR count). The van der Waals surface area contributed by atoms with Crippen LogP contribution in [-0.2, 0) is 16.1 Å². The molecular weight excluding hydrogens is 316 g/mol. The van der Waals surface area contributed by atoms with E-state index in [0.717, 1.165) is 0 Å².